The van der Waals surface area contributed by atoms with Crippen molar-refractivity contribution in [1.82, 2.24) is 4.31 Å². The predicted molar refractivity (Wildman–Crippen MR) is 80.1 cm³/mol. The number of hydrogen-bond donors (Lipinski definition) is 1. The van der Waals surface area contributed by atoms with Crippen LogP contribution in [0.15, 0.2) is 17.0 Å². The van der Waals surface area contributed by atoms with Crippen molar-refractivity contribution in [2.45, 2.75) is 30.7 Å². The molecule has 122 valence electrons. The Labute approximate surface area is 137 Å². The van der Waals surface area contributed by atoms with E-state index in [1.165, 1.54) is 6.92 Å². The monoisotopic (exact) mass is 369 g/mol. The van der Waals surface area contributed by atoms with Crippen LogP contribution >= 0.6 is 23.2 Å². The maximum absolute atomic E-state index is 13.2. The number of hydrogen-bond acceptors (Lipinski definition) is 3. The summed E-state index contributed by atoms with van der Waals surface area (Å²) in [5.41, 5.74) is 0. The van der Waals surface area contributed by atoms with Crippen LogP contribution in [0.25, 0.3) is 0 Å². The van der Waals surface area contributed by atoms with Crippen molar-refractivity contribution in [3.05, 3.63) is 28.0 Å². The molecule has 0 amide bonds. The van der Waals surface area contributed by atoms with E-state index in [-0.39, 0.29) is 16.6 Å². The molecule has 1 aromatic carbocycles. The third-order valence-corrected chi connectivity index (χ3v) is 6.69. The molecule has 0 saturated carbocycles. The van der Waals surface area contributed by atoms with Gasteiger partial charge in [0, 0.05) is 12.6 Å². The van der Waals surface area contributed by atoms with Crippen LogP contribution in [0.3, 0.4) is 0 Å². The third kappa shape index (κ3) is 3.08. The van der Waals surface area contributed by atoms with Crippen LogP contribution in [0.4, 0.5) is 4.39 Å². The third-order valence-electron chi connectivity index (χ3n) is 3.78. The van der Waals surface area contributed by atoms with Crippen molar-refractivity contribution < 1.29 is 22.7 Å². The van der Waals surface area contributed by atoms with Crippen LogP contribution in [0.1, 0.15) is 19.8 Å². The normalized spacial score (nSPS) is 23.5. The second-order valence-electron chi connectivity index (χ2n) is 5.14. The van der Waals surface area contributed by atoms with Crippen molar-refractivity contribution in [3.63, 3.8) is 0 Å². The number of sulfonamides is 1. The number of rotatable bonds is 3. The van der Waals surface area contributed by atoms with Gasteiger partial charge in [0.25, 0.3) is 0 Å². The number of nitrogens with zero attached hydrogens (tertiary/aromatic N) is 1. The zero-order chi connectivity index (χ0) is 16.7. The largest absolute Gasteiger partial charge is 0.481 e. The van der Waals surface area contributed by atoms with Gasteiger partial charge in [0.15, 0.2) is 0 Å². The first-order valence-electron chi connectivity index (χ1n) is 6.55. The number of carboxylic acids is 1. The summed E-state index contributed by atoms with van der Waals surface area (Å²) in [4.78, 5) is 10.8. The first-order chi connectivity index (χ1) is 10.2. The molecule has 1 aromatic rings. The van der Waals surface area contributed by atoms with Gasteiger partial charge in [-0.2, -0.15) is 4.31 Å². The van der Waals surface area contributed by atoms with Crippen molar-refractivity contribution in [2.75, 3.05) is 6.54 Å². The molecule has 0 aromatic heterocycles. The summed E-state index contributed by atoms with van der Waals surface area (Å²) in [5.74, 6) is -2.60. The number of benzene rings is 1. The van der Waals surface area contributed by atoms with Crippen LogP contribution in [-0.4, -0.2) is 36.4 Å². The lowest BCUT2D eigenvalue weighted by atomic mass is 9.92. The topological polar surface area (TPSA) is 74.7 Å². The van der Waals surface area contributed by atoms with Crippen molar-refractivity contribution in [3.8, 4) is 0 Å². The molecule has 0 aliphatic carbocycles. The highest BCUT2D eigenvalue weighted by Crippen LogP contribution is 2.36. The van der Waals surface area contributed by atoms with Crippen LogP contribution in [-0.2, 0) is 14.8 Å². The van der Waals surface area contributed by atoms with Crippen molar-refractivity contribution >= 4 is 39.2 Å². The standard InChI is InChI=1S/C13H14Cl2FNO4S/c1-7-9(13(18)19)3-2-4-17(7)22(20,21)12-10(14)5-8(16)6-11(12)15/h5-7,9H,2-4H2,1H3,(H,18,19)/t7-,9-/m1/s1. The summed E-state index contributed by atoms with van der Waals surface area (Å²) in [7, 11) is -4.12. The van der Waals surface area contributed by atoms with E-state index in [0.29, 0.717) is 12.8 Å². The maximum Gasteiger partial charge on any atom is 0.308 e. The summed E-state index contributed by atoms with van der Waals surface area (Å²) >= 11 is 11.7. The van der Waals surface area contributed by atoms with Crippen LogP contribution in [0, 0.1) is 11.7 Å². The van der Waals surface area contributed by atoms with Crippen molar-refractivity contribution in [1.29, 1.82) is 0 Å². The summed E-state index contributed by atoms with van der Waals surface area (Å²) in [6.07, 6.45) is 0.810. The summed E-state index contributed by atoms with van der Waals surface area (Å²) < 4.78 is 39.8. The summed E-state index contributed by atoms with van der Waals surface area (Å²) in [6, 6.07) is 0.987. The molecule has 0 unspecified atom stereocenters. The molecule has 1 heterocycles. The Morgan fingerprint density at radius 3 is 2.41 bits per heavy atom. The molecule has 5 nitrogen and oxygen atoms in total. The van der Waals surface area contributed by atoms with Gasteiger partial charge in [0.2, 0.25) is 10.0 Å². The molecule has 0 spiro atoms. The zero-order valence-electron chi connectivity index (χ0n) is 11.6. The molecule has 9 heteroatoms. The second kappa shape index (κ2) is 6.31. The molecule has 2 atom stereocenters. The van der Waals surface area contributed by atoms with E-state index in [2.05, 4.69) is 0 Å². The Kier molecular flexibility index (Phi) is 5.01. The van der Waals surface area contributed by atoms with Gasteiger partial charge in [0.1, 0.15) is 10.7 Å². The SMILES string of the molecule is C[C@@H]1[C@H](C(=O)O)CCCN1S(=O)(=O)c1c(Cl)cc(F)cc1Cl. The number of carboxylic acid groups (broad SMARTS) is 1. The Balaban J connectivity index is 2.49. The number of aliphatic carboxylic acids is 1. The van der Waals surface area contributed by atoms with Crippen LogP contribution < -0.4 is 0 Å². The highest BCUT2D eigenvalue weighted by Gasteiger charge is 2.41. The average molecular weight is 370 g/mol. The number of carbonyl (C=O) groups is 1. The highest BCUT2D eigenvalue weighted by atomic mass is 35.5. The molecular formula is C13H14Cl2FNO4S. The fraction of sp³-hybridized carbons (Fsp3) is 0.462. The van der Waals surface area contributed by atoms with E-state index in [9.17, 15) is 22.7 Å². The van der Waals surface area contributed by atoms with Crippen LogP contribution in [0.2, 0.25) is 10.0 Å². The molecule has 2 rings (SSSR count). The number of piperidine rings is 1. The summed E-state index contributed by atoms with van der Waals surface area (Å²) in [5, 5.41) is 8.54. The Hall–Kier alpha value is -0.890. The van der Waals surface area contributed by atoms with E-state index in [0.717, 1.165) is 16.4 Å². The average Bonchev–Trinajstić information content (AvgIpc) is 2.36. The Bertz CT molecular complexity index is 687. The van der Waals surface area contributed by atoms with Gasteiger partial charge in [-0.15, -0.1) is 0 Å². The Morgan fingerprint density at radius 2 is 1.91 bits per heavy atom. The first kappa shape index (κ1) is 17.5. The fourth-order valence-corrected chi connectivity index (χ4v) is 5.52. The molecular weight excluding hydrogens is 356 g/mol. The fourth-order valence-electron chi connectivity index (χ4n) is 2.67. The molecule has 0 radical (unpaired) electrons. The van der Waals surface area contributed by atoms with Crippen molar-refractivity contribution in [2.24, 2.45) is 5.92 Å². The van der Waals surface area contributed by atoms with Gasteiger partial charge in [-0.25, -0.2) is 12.8 Å². The van der Waals surface area contributed by atoms with Gasteiger partial charge in [-0.3, -0.25) is 4.79 Å². The molecule has 1 fully saturated rings. The van der Waals surface area contributed by atoms with E-state index in [1.54, 1.807) is 0 Å². The quantitative estimate of drug-likeness (QED) is 0.888. The second-order valence-corrected chi connectivity index (χ2v) is 7.78. The van der Waals surface area contributed by atoms with Gasteiger partial charge in [-0.1, -0.05) is 23.2 Å². The minimum atomic E-state index is -4.12. The van der Waals surface area contributed by atoms with Gasteiger partial charge in [-0.05, 0) is 31.9 Å². The minimum absolute atomic E-state index is 0.164. The molecule has 0 bridgehead atoms. The lowest BCUT2D eigenvalue weighted by molar-refractivity contribution is -0.144. The maximum atomic E-state index is 13.2. The molecule has 1 aliphatic heterocycles. The van der Waals surface area contributed by atoms with E-state index in [4.69, 9.17) is 23.2 Å². The molecule has 22 heavy (non-hydrogen) atoms. The van der Waals surface area contributed by atoms with Gasteiger partial charge in [0.05, 0.1) is 16.0 Å². The molecule has 1 saturated heterocycles. The molecule has 1 N–H and O–H groups in total. The predicted octanol–water partition coefficient (Wildman–Crippen LogP) is 3.01. The van der Waals surface area contributed by atoms with Crippen LogP contribution in [0.5, 0.6) is 0 Å². The van der Waals surface area contributed by atoms with E-state index in [1.807, 2.05) is 0 Å². The van der Waals surface area contributed by atoms with E-state index < -0.39 is 38.7 Å². The Morgan fingerprint density at radius 1 is 1.36 bits per heavy atom. The van der Waals surface area contributed by atoms with E-state index >= 15 is 0 Å². The number of halogens is 3. The lowest BCUT2D eigenvalue weighted by Crippen LogP contribution is -2.49. The smallest absolute Gasteiger partial charge is 0.308 e. The summed E-state index contributed by atoms with van der Waals surface area (Å²) in [6.45, 7) is 1.69. The highest BCUT2D eigenvalue weighted by molar-refractivity contribution is 7.89. The minimum Gasteiger partial charge on any atom is -0.481 e. The van der Waals surface area contributed by atoms with Gasteiger partial charge >= 0.3 is 5.97 Å². The van der Waals surface area contributed by atoms with Gasteiger partial charge < -0.3 is 5.11 Å². The molecule has 1 aliphatic rings. The lowest BCUT2D eigenvalue weighted by Gasteiger charge is -2.36. The zero-order valence-corrected chi connectivity index (χ0v) is 13.9. The first-order valence-corrected chi connectivity index (χ1v) is 8.75.